The van der Waals surface area contributed by atoms with Crippen LogP contribution >= 0.6 is 0 Å². The van der Waals surface area contributed by atoms with Gasteiger partial charge in [0.1, 0.15) is 0 Å². The molecule has 0 spiro atoms. The molecule has 0 saturated heterocycles. The highest BCUT2D eigenvalue weighted by Gasteiger charge is 2.08. The molecule has 1 heterocycles. The van der Waals surface area contributed by atoms with Gasteiger partial charge in [0.15, 0.2) is 5.96 Å². The maximum atomic E-state index is 5.27. The van der Waals surface area contributed by atoms with E-state index in [0.717, 1.165) is 24.4 Å². The van der Waals surface area contributed by atoms with Gasteiger partial charge in [0.05, 0.1) is 7.11 Å². The number of hydrogen-bond acceptors (Lipinski definition) is 3. The Balaban J connectivity index is 1.81. The van der Waals surface area contributed by atoms with E-state index < -0.39 is 0 Å². The molecule has 1 aromatic carbocycles. The Hall–Kier alpha value is -2.56. The quantitative estimate of drug-likeness (QED) is 0.607. The minimum atomic E-state index is 0.326. The lowest BCUT2D eigenvalue weighted by atomic mass is 10.1. The zero-order valence-electron chi connectivity index (χ0n) is 14.6. The summed E-state index contributed by atoms with van der Waals surface area (Å²) >= 11 is 0. The molecule has 1 unspecified atom stereocenters. The molecule has 0 amide bonds. The molecule has 24 heavy (non-hydrogen) atoms. The molecule has 0 aliphatic heterocycles. The van der Waals surface area contributed by atoms with Crippen LogP contribution in [0.5, 0.6) is 5.88 Å². The van der Waals surface area contributed by atoms with Gasteiger partial charge in [-0.1, -0.05) is 36.4 Å². The van der Waals surface area contributed by atoms with Crippen molar-refractivity contribution in [3.63, 3.8) is 0 Å². The van der Waals surface area contributed by atoms with Crippen LogP contribution in [0, 0.1) is 0 Å². The fourth-order valence-corrected chi connectivity index (χ4v) is 2.45. The van der Waals surface area contributed by atoms with Gasteiger partial charge in [0, 0.05) is 31.4 Å². The first-order valence-corrected chi connectivity index (χ1v) is 8.22. The average Bonchev–Trinajstić information content (AvgIpc) is 2.64. The number of nitrogens with one attached hydrogen (secondary N) is 2. The van der Waals surface area contributed by atoms with Crippen molar-refractivity contribution >= 4 is 5.96 Å². The molecular weight excluding hydrogens is 300 g/mol. The minimum absolute atomic E-state index is 0.326. The SMILES string of the molecule is CN=C(NCc1cccnc1OC)NC(C)CCc1ccccc1. The van der Waals surface area contributed by atoms with Crippen molar-refractivity contribution in [2.24, 2.45) is 4.99 Å². The summed E-state index contributed by atoms with van der Waals surface area (Å²) in [6.45, 7) is 2.78. The van der Waals surface area contributed by atoms with Gasteiger partial charge < -0.3 is 15.4 Å². The molecule has 2 rings (SSSR count). The molecule has 0 bridgehead atoms. The van der Waals surface area contributed by atoms with E-state index in [9.17, 15) is 0 Å². The number of aryl methyl sites for hydroxylation is 1. The van der Waals surface area contributed by atoms with Crippen molar-refractivity contribution < 1.29 is 4.74 Å². The third-order valence-electron chi connectivity index (χ3n) is 3.81. The van der Waals surface area contributed by atoms with E-state index in [-0.39, 0.29) is 0 Å². The number of ether oxygens (including phenoxy) is 1. The van der Waals surface area contributed by atoms with Crippen molar-refractivity contribution in [1.82, 2.24) is 15.6 Å². The second-order valence-corrected chi connectivity index (χ2v) is 5.67. The Bertz CT molecular complexity index is 643. The number of pyridine rings is 1. The molecule has 0 aliphatic rings. The van der Waals surface area contributed by atoms with Gasteiger partial charge in [0.2, 0.25) is 5.88 Å². The van der Waals surface area contributed by atoms with Gasteiger partial charge >= 0.3 is 0 Å². The first-order chi connectivity index (χ1) is 11.7. The number of rotatable bonds is 7. The van der Waals surface area contributed by atoms with E-state index in [0.29, 0.717) is 18.5 Å². The molecule has 0 saturated carbocycles. The predicted molar refractivity (Wildman–Crippen MR) is 98.3 cm³/mol. The van der Waals surface area contributed by atoms with Gasteiger partial charge in [0.25, 0.3) is 0 Å². The van der Waals surface area contributed by atoms with Gasteiger partial charge in [-0.25, -0.2) is 4.98 Å². The maximum Gasteiger partial charge on any atom is 0.218 e. The highest BCUT2D eigenvalue weighted by atomic mass is 16.5. The van der Waals surface area contributed by atoms with E-state index in [1.807, 2.05) is 18.2 Å². The first kappa shape index (κ1) is 17.8. The lowest BCUT2D eigenvalue weighted by molar-refractivity contribution is 0.392. The van der Waals surface area contributed by atoms with Crippen LogP contribution in [0.15, 0.2) is 53.7 Å². The Kier molecular flexibility index (Phi) is 7.08. The van der Waals surface area contributed by atoms with Crippen LogP contribution in [0.2, 0.25) is 0 Å². The Morgan fingerprint density at radius 2 is 2.00 bits per heavy atom. The molecule has 2 aromatic rings. The fraction of sp³-hybridized carbons (Fsp3) is 0.368. The highest BCUT2D eigenvalue weighted by Crippen LogP contribution is 2.12. The molecular formula is C19H26N4O. The van der Waals surface area contributed by atoms with Crippen LogP contribution in [-0.2, 0) is 13.0 Å². The second-order valence-electron chi connectivity index (χ2n) is 5.67. The minimum Gasteiger partial charge on any atom is -0.481 e. The van der Waals surface area contributed by atoms with Crippen LogP contribution in [-0.4, -0.2) is 31.1 Å². The monoisotopic (exact) mass is 326 g/mol. The molecule has 1 aromatic heterocycles. The number of aromatic nitrogens is 1. The molecule has 128 valence electrons. The fourth-order valence-electron chi connectivity index (χ4n) is 2.45. The smallest absolute Gasteiger partial charge is 0.218 e. The van der Waals surface area contributed by atoms with Crippen molar-refractivity contribution in [2.75, 3.05) is 14.2 Å². The van der Waals surface area contributed by atoms with Crippen LogP contribution in [0.4, 0.5) is 0 Å². The Labute approximate surface area is 144 Å². The summed E-state index contributed by atoms with van der Waals surface area (Å²) in [7, 11) is 3.41. The van der Waals surface area contributed by atoms with Crippen molar-refractivity contribution in [1.29, 1.82) is 0 Å². The van der Waals surface area contributed by atoms with E-state index in [2.05, 4.69) is 51.8 Å². The van der Waals surface area contributed by atoms with Crippen LogP contribution in [0.25, 0.3) is 0 Å². The van der Waals surface area contributed by atoms with E-state index in [1.165, 1.54) is 5.56 Å². The number of guanidine groups is 1. The summed E-state index contributed by atoms with van der Waals surface area (Å²) in [6.07, 6.45) is 3.81. The molecule has 2 N–H and O–H groups in total. The van der Waals surface area contributed by atoms with Crippen LogP contribution < -0.4 is 15.4 Å². The van der Waals surface area contributed by atoms with Crippen molar-refractivity contribution in [3.05, 3.63) is 59.8 Å². The van der Waals surface area contributed by atoms with Crippen molar-refractivity contribution in [2.45, 2.75) is 32.4 Å². The lowest BCUT2D eigenvalue weighted by Gasteiger charge is -2.18. The van der Waals surface area contributed by atoms with Gasteiger partial charge in [-0.05, 0) is 31.4 Å². The second kappa shape index (κ2) is 9.55. The number of benzene rings is 1. The predicted octanol–water partition coefficient (Wildman–Crippen LogP) is 2.78. The molecule has 5 nitrogen and oxygen atoms in total. The zero-order chi connectivity index (χ0) is 17.2. The average molecular weight is 326 g/mol. The summed E-state index contributed by atoms with van der Waals surface area (Å²) < 4.78 is 5.27. The number of aliphatic imine (C=N–C) groups is 1. The summed E-state index contributed by atoms with van der Waals surface area (Å²) in [4.78, 5) is 8.49. The summed E-state index contributed by atoms with van der Waals surface area (Å²) in [6, 6.07) is 14.7. The summed E-state index contributed by atoms with van der Waals surface area (Å²) in [5.41, 5.74) is 2.36. The first-order valence-electron chi connectivity index (χ1n) is 8.22. The summed E-state index contributed by atoms with van der Waals surface area (Å²) in [5, 5.41) is 6.73. The van der Waals surface area contributed by atoms with Gasteiger partial charge in [-0.15, -0.1) is 0 Å². The Morgan fingerprint density at radius 3 is 2.71 bits per heavy atom. The van der Waals surface area contributed by atoms with E-state index in [1.54, 1.807) is 20.4 Å². The number of hydrogen-bond donors (Lipinski definition) is 2. The van der Waals surface area contributed by atoms with E-state index >= 15 is 0 Å². The third kappa shape index (κ3) is 5.57. The Morgan fingerprint density at radius 1 is 1.21 bits per heavy atom. The maximum absolute atomic E-state index is 5.27. The van der Waals surface area contributed by atoms with Gasteiger partial charge in [-0.3, -0.25) is 4.99 Å². The van der Waals surface area contributed by atoms with Crippen LogP contribution in [0.1, 0.15) is 24.5 Å². The van der Waals surface area contributed by atoms with E-state index in [4.69, 9.17) is 4.74 Å². The summed E-state index contributed by atoms with van der Waals surface area (Å²) in [5.74, 6) is 1.42. The molecule has 1 atom stereocenters. The largest absolute Gasteiger partial charge is 0.481 e. The number of methoxy groups -OCH3 is 1. The lowest BCUT2D eigenvalue weighted by Crippen LogP contribution is -2.42. The van der Waals surface area contributed by atoms with Crippen molar-refractivity contribution in [3.8, 4) is 5.88 Å². The molecule has 0 fully saturated rings. The molecule has 0 radical (unpaired) electrons. The number of nitrogens with zero attached hydrogens (tertiary/aromatic N) is 2. The molecule has 5 heteroatoms. The standard InChI is InChI=1S/C19H26N4O/c1-15(11-12-16-8-5-4-6-9-16)23-19(20-2)22-14-17-10-7-13-21-18(17)24-3/h4-10,13,15H,11-12,14H2,1-3H3,(H2,20,22,23). The topological polar surface area (TPSA) is 58.5 Å². The van der Waals surface area contributed by atoms with Crippen LogP contribution in [0.3, 0.4) is 0 Å². The third-order valence-corrected chi connectivity index (χ3v) is 3.81. The molecule has 0 aliphatic carbocycles. The zero-order valence-corrected chi connectivity index (χ0v) is 14.6. The normalized spacial score (nSPS) is 12.5. The highest BCUT2D eigenvalue weighted by molar-refractivity contribution is 5.79. The van der Waals surface area contributed by atoms with Gasteiger partial charge in [-0.2, -0.15) is 0 Å².